The molecule has 0 saturated carbocycles. The molecule has 1 N–H and O–H groups in total. The van der Waals surface area contributed by atoms with Gasteiger partial charge >= 0.3 is 5.57 Å². The quantitative estimate of drug-likeness (QED) is 0.275. The molecule has 1 unspecified atom stereocenters. The molecule has 12 heteroatoms. The Bertz CT molecular complexity index is 1340. The van der Waals surface area contributed by atoms with Crippen molar-refractivity contribution in [1.82, 2.24) is 4.90 Å². The lowest BCUT2D eigenvalue weighted by molar-refractivity contribution is -0.129. The largest absolute Gasteiger partial charge is 0.487 e. The van der Waals surface area contributed by atoms with Crippen molar-refractivity contribution in [2.75, 3.05) is 11.9 Å². The van der Waals surface area contributed by atoms with E-state index in [9.17, 15) is 18.4 Å². The van der Waals surface area contributed by atoms with Gasteiger partial charge in [0.1, 0.15) is 11.0 Å². The van der Waals surface area contributed by atoms with Crippen molar-refractivity contribution in [3.05, 3.63) is 88.4 Å². The fourth-order valence-corrected chi connectivity index (χ4v) is 5.09. The molecule has 1 atom stereocenters. The van der Waals surface area contributed by atoms with Crippen LogP contribution in [0, 0.1) is 0 Å². The van der Waals surface area contributed by atoms with Gasteiger partial charge in [-0.1, -0.05) is 65.3 Å². The fraction of sp³-hybridized carbons (Fsp3) is 0.192. The number of carbonyl (C=O) groups is 2. The second-order valence-electron chi connectivity index (χ2n) is 8.15. The minimum atomic E-state index is -3.85. The number of thioether (sulfide) groups is 1. The van der Waals surface area contributed by atoms with Crippen LogP contribution in [0.15, 0.2) is 77.8 Å². The Kier molecular flexibility index (Phi) is 9.15. The molecule has 198 valence electrons. The lowest BCUT2D eigenvalue weighted by Gasteiger charge is -2.32. The highest BCUT2D eigenvalue weighted by atomic mass is 35.5. The number of carbonyl (C=O) groups excluding carboxylic acids is 2. The molecule has 3 aromatic carbocycles. The first-order valence-corrected chi connectivity index (χ1v) is 13.3. The third-order valence-electron chi connectivity index (χ3n) is 5.38. The highest BCUT2D eigenvalue weighted by Gasteiger charge is 2.36. The number of aliphatic imine (C=N–C) groups is 1. The van der Waals surface area contributed by atoms with E-state index in [1.807, 2.05) is 30.3 Å². The Labute approximate surface area is 236 Å². The molecule has 0 spiro atoms. The zero-order chi connectivity index (χ0) is 27.3. The van der Waals surface area contributed by atoms with E-state index in [1.54, 1.807) is 12.1 Å². The summed E-state index contributed by atoms with van der Waals surface area (Å²) >= 11 is 17.9. The summed E-state index contributed by atoms with van der Waals surface area (Å²) in [6, 6.07) is 19.8. The summed E-state index contributed by atoms with van der Waals surface area (Å²) in [6.07, 6.45) is 0.535. The molecular formula is C26H20Cl3F2N3O3S. The second kappa shape index (κ2) is 12.3. The summed E-state index contributed by atoms with van der Waals surface area (Å²) in [7, 11) is 0. The smallest absolute Gasteiger partial charge is 0.420 e. The number of nitrogens with zero attached hydrogens (tertiary/aromatic N) is 2. The SMILES string of the molecule is O=C(Nc1ccc(Cl)c(Cl)c1)C1CC(=O)N(CCc2ccccc2)C(=Nc2ccc(OC(F)(F)Cl)cc2)S1. The van der Waals surface area contributed by atoms with E-state index in [4.69, 9.17) is 34.8 Å². The Morgan fingerprint density at radius 3 is 2.45 bits per heavy atom. The van der Waals surface area contributed by atoms with Crippen LogP contribution in [0.4, 0.5) is 20.2 Å². The highest BCUT2D eigenvalue weighted by molar-refractivity contribution is 8.15. The zero-order valence-electron chi connectivity index (χ0n) is 19.5. The van der Waals surface area contributed by atoms with E-state index < -0.39 is 16.7 Å². The maximum absolute atomic E-state index is 13.2. The van der Waals surface area contributed by atoms with E-state index >= 15 is 0 Å². The standard InChI is InChI=1S/C26H20Cl3F2N3O3S/c27-20-11-8-18(14-21(20)28)32-24(36)22-15-23(35)34(13-12-16-4-2-1-3-5-16)25(38-22)33-17-6-9-19(10-7-17)37-26(29,30)31/h1-11,14,22H,12-13,15H2,(H,32,36). The van der Waals surface area contributed by atoms with Gasteiger partial charge in [-0.05, 0) is 54.4 Å². The molecule has 1 aliphatic rings. The maximum Gasteiger partial charge on any atom is 0.487 e. The first-order valence-electron chi connectivity index (χ1n) is 11.3. The summed E-state index contributed by atoms with van der Waals surface area (Å²) in [4.78, 5) is 32.3. The Balaban J connectivity index is 1.56. The van der Waals surface area contributed by atoms with Crippen LogP contribution in [-0.4, -0.2) is 39.2 Å². The number of ether oxygens (including phenoxy) is 1. The van der Waals surface area contributed by atoms with Gasteiger partial charge in [-0.2, -0.15) is 0 Å². The predicted octanol–water partition coefficient (Wildman–Crippen LogP) is 7.36. The molecule has 0 aromatic heterocycles. The van der Waals surface area contributed by atoms with Crippen LogP contribution in [0.3, 0.4) is 0 Å². The molecule has 2 amide bonds. The van der Waals surface area contributed by atoms with Gasteiger partial charge in [0.25, 0.3) is 0 Å². The van der Waals surface area contributed by atoms with Crippen molar-refractivity contribution < 1.29 is 23.1 Å². The van der Waals surface area contributed by atoms with Crippen LogP contribution in [0.2, 0.25) is 10.0 Å². The summed E-state index contributed by atoms with van der Waals surface area (Å²) in [5.41, 5.74) is -2.00. The molecule has 1 aliphatic heterocycles. The van der Waals surface area contributed by atoms with Gasteiger partial charge in [-0.25, -0.2) is 4.99 Å². The van der Waals surface area contributed by atoms with Crippen molar-refractivity contribution in [3.63, 3.8) is 0 Å². The third-order valence-corrected chi connectivity index (χ3v) is 7.39. The van der Waals surface area contributed by atoms with Gasteiger partial charge in [-0.15, -0.1) is 8.78 Å². The third kappa shape index (κ3) is 7.83. The Morgan fingerprint density at radius 1 is 1.08 bits per heavy atom. The summed E-state index contributed by atoms with van der Waals surface area (Å²) in [5, 5.41) is 2.93. The van der Waals surface area contributed by atoms with Gasteiger partial charge in [0.15, 0.2) is 5.17 Å². The number of alkyl halides is 3. The van der Waals surface area contributed by atoms with Gasteiger partial charge in [-0.3, -0.25) is 14.5 Å². The van der Waals surface area contributed by atoms with Crippen molar-refractivity contribution in [1.29, 1.82) is 0 Å². The molecule has 4 rings (SSSR count). The summed E-state index contributed by atoms with van der Waals surface area (Å²) in [5.74, 6) is -0.819. The molecule has 0 bridgehead atoms. The number of hydrogen-bond donors (Lipinski definition) is 1. The summed E-state index contributed by atoms with van der Waals surface area (Å²) < 4.78 is 30.2. The minimum absolute atomic E-state index is 0.0385. The van der Waals surface area contributed by atoms with Crippen LogP contribution in [0.5, 0.6) is 5.75 Å². The average molecular weight is 599 g/mol. The van der Waals surface area contributed by atoms with Crippen LogP contribution in [-0.2, 0) is 16.0 Å². The van der Waals surface area contributed by atoms with Crippen molar-refractivity contribution >= 4 is 74.9 Å². The first kappa shape index (κ1) is 28.2. The van der Waals surface area contributed by atoms with E-state index in [-0.39, 0.29) is 23.1 Å². The number of amides is 2. The van der Waals surface area contributed by atoms with Crippen molar-refractivity contribution in [2.45, 2.75) is 23.7 Å². The number of nitrogens with one attached hydrogen (secondary N) is 1. The van der Waals surface area contributed by atoms with Crippen LogP contribution >= 0.6 is 46.6 Å². The molecule has 1 fully saturated rings. The second-order valence-corrected chi connectivity index (χ2v) is 10.6. The number of anilines is 1. The zero-order valence-corrected chi connectivity index (χ0v) is 22.6. The fourth-order valence-electron chi connectivity index (χ4n) is 3.58. The van der Waals surface area contributed by atoms with Crippen molar-refractivity contribution in [2.24, 2.45) is 4.99 Å². The van der Waals surface area contributed by atoms with Crippen LogP contribution < -0.4 is 10.1 Å². The molecule has 6 nitrogen and oxygen atoms in total. The molecule has 1 saturated heterocycles. The number of halogens is 5. The summed E-state index contributed by atoms with van der Waals surface area (Å²) in [6.45, 7) is 0.343. The molecule has 1 heterocycles. The molecule has 38 heavy (non-hydrogen) atoms. The molecule has 0 radical (unpaired) electrons. The first-order chi connectivity index (χ1) is 18.1. The predicted molar refractivity (Wildman–Crippen MR) is 148 cm³/mol. The van der Waals surface area contributed by atoms with Crippen LogP contribution in [0.1, 0.15) is 12.0 Å². The average Bonchev–Trinajstić information content (AvgIpc) is 2.86. The number of hydrogen-bond acceptors (Lipinski definition) is 5. The van der Waals surface area contributed by atoms with E-state index in [0.29, 0.717) is 34.5 Å². The lowest BCUT2D eigenvalue weighted by atomic mass is 10.1. The maximum atomic E-state index is 13.2. The topological polar surface area (TPSA) is 71.0 Å². The van der Waals surface area contributed by atoms with Gasteiger partial charge in [0.2, 0.25) is 11.8 Å². The molecule has 3 aromatic rings. The Morgan fingerprint density at radius 2 is 1.79 bits per heavy atom. The monoisotopic (exact) mass is 597 g/mol. The highest BCUT2D eigenvalue weighted by Crippen LogP contribution is 2.32. The van der Waals surface area contributed by atoms with Crippen molar-refractivity contribution in [3.8, 4) is 5.75 Å². The number of rotatable bonds is 8. The van der Waals surface area contributed by atoms with Gasteiger partial charge in [0, 0.05) is 30.3 Å². The lowest BCUT2D eigenvalue weighted by Crippen LogP contribution is -2.46. The number of benzene rings is 3. The normalized spacial score (nSPS) is 17.0. The van der Waals surface area contributed by atoms with E-state index in [0.717, 1.165) is 17.3 Å². The Hall–Kier alpha value is -2.85. The molecular weight excluding hydrogens is 579 g/mol. The van der Waals surface area contributed by atoms with Gasteiger partial charge in [0.05, 0.1) is 15.7 Å². The minimum Gasteiger partial charge on any atom is -0.420 e. The molecule has 0 aliphatic carbocycles. The van der Waals surface area contributed by atoms with E-state index in [2.05, 4.69) is 15.0 Å². The van der Waals surface area contributed by atoms with Crippen LogP contribution in [0.25, 0.3) is 0 Å². The number of amidine groups is 1. The van der Waals surface area contributed by atoms with E-state index in [1.165, 1.54) is 35.2 Å². The van der Waals surface area contributed by atoms with Gasteiger partial charge < -0.3 is 10.1 Å².